The third-order valence-corrected chi connectivity index (χ3v) is 3.31. The zero-order chi connectivity index (χ0) is 11.1. The Hall–Kier alpha value is -0.280. The normalized spacial score (nSPS) is 13.0. The van der Waals surface area contributed by atoms with Crippen LogP contribution in [0.5, 0.6) is 0 Å². The molecule has 0 saturated carbocycles. The number of nitrogens with one attached hydrogen (secondary N) is 1. The van der Waals surface area contributed by atoms with E-state index in [9.17, 15) is 0 Å². The van der Waals surface area contributed by atoms with Gasteiger partial charge in [-0.05, 0) is 35.5 Å². The summed E-state index contributed by atoms with van der Waals surface area (Å²) in [6.45, 7) is 2.23. The van der Waals surface area contributed by atoms with Crippen molar-refractivity contribution >= 4 is 15.9 Å². The lowest BCUT2D eigenvalue weighted by atomic mass is 10.1. The molecule has 1 N–H and O–H groups in total. The van der Waals surface area contributed by atoms with Crippen molar-refractivity contribution < 1.29 is 4.42 Å². The Morgan fingerprint density at radius 1 is 1.40 bits per heavy atom. The van der Waals surface area contributed by atoms with E-state index < -0.39 is 0 Å². The van der Waals surface area contributed by atoms with Crippen molar-refractivity contribution in [1.82, 2.24) is 5.32 Å². The van der Waals surface area contributed by atoms with Gasteiger partial charge in [0, 0.05) is 0 Å². The molecule has 0 fully saturated rings. The van der Waals surface area contributed by atoms with E-state index in [1.54, 1.807) is 6.26 Å². The third-order valence-electron chi connectivity index (χ3n) is 2.66. The van der Waals surface area contributed by atoms with Crippen molar-refractivity contribution in [3.05, 3.63) is 22.6 Å². The molecule has 2 nitrogen and oxygen atoms in total. The summed E-state index contributed by atoms with van der Waals surface area (Å²) in [4.78, 5) is 0. The summed E-state index contributed by atoms with van der Waals surface area (Å²) in [5.74, 6) is 1.02. The van der Waals surface area contributed by atoms with E-state index in [2.05, 4.69) is 28.2 Å². The van der Waals surface area contributed by atoms with Gasteiger partial charge in [-0.2, -0.15) is 0 Å². The van der Waals surface area contributed by atoms with Gasteiger partial charge >= 0.3 is 0 Å². The topological polar surface area (TPSA) is 25.2 Å². The molecule has 0 aliphatic rings. The van der Waals surface area contributed by atoms with Crippen molar-refractivity contribution in [3.8, 4) is 0 Å². The zero-order valence-electron chi connectivity index (χ0n) is 9.55. The minimum atomic E-state index is 0.339. The summed E-state index contributed by atoms with van der Waals surface area (Å²) >= 11 is 3.50. The van der Waals surface area contributed by atoms with Gasteiger partial charge in [0.05, 0.1) is 16.8 Å². The second-order valence-electron chi connectivity index (χ2n) is 3.82. The van der Waals surface area contributed by atoms with E-state index in [4.69, 9.17) is 4.42 Å². The van der Waals surface area contributed by atoms with Crippen molar-refractivity contribution in [2.75, 3.05) is 7.05 Å². The van der Waals surface area contributed by atoms with Crippen molar-refractivity contribution in [2.24, 2.45) is 0 Å². The van der Waals surface area contributed by atoms with Gasteiger partial charge in [-0.15, -0.1) is 0 Å². The first kappa shape index (κ1) is 12.8. The molecule has 0 bridgehead atoms. The SMILES string of the molecule is CCCCCCC(NC)c1occc1Br. The Labute approximate surface area is 101 Å². The molecular formula is C12H20BrNO. The molecular weight excluding hydrogens is 254 g/mol. The Morgan fingerprint density at radius 2 is 2.20 bits per heavy atom. The molecule has 1 atom stereocenters. The van der Waals surface area contributed by atoms with Crippen LogP contribution >= 0.6 is 15.9 Å². The largest absolute Gasteiger partial charge is 0.466 e. The minimum absolute atomic E-state index is 0.339. The molecule has 1 rings (SSSR count). The molecule has 0 saturated heterocycles. The molecule has 0 aliphatic carbocycles. The van der Waals surface area contributed by atoms with Crippen LogP contribution in [0.2, 0.25) is 0 Å². The quantitative estimate of drug-likeness (QED) is 0.751. The maximum atomic E-state index is 5.46. The molecule has 1 unspecified atom stereocenters. The first-order valence-corrected chi connectivity index (χ1v) is 6.49. The van der Waals surface area contributed by atoms with Crippen molar-refractivity contribution in [2.45, 2.75) is 45.1 Å². The predicted molar refractivity (Wildman–Crippen MR) is 67.0 cm³/mol. The fraction of sp³-hybridized carbons (Fsp3) is 0.667. The number of halogens is 1. The molecule has 0 radical (unpaired) electrons. The molecule has 15 heavy (non-hydrogen) atoms. The number of hydrogen-bond donors (Lipinski definition) is 1. The average molecular weight is 274 g/mol. The van der Waals surface area contributed by atoms with Crippen molar-refractivity contribution in [3.63, 3.8) is 0 Å². The number of hydrogen-bond acceptors (Lipinski definition) is 2. The summed E-state index contributed by atoms with van der Waals surface area (Å²) < 4.78 is 6.53. The molecule has 0 aromatic carbocycles. The zero-order valence-corrected chi connectivity index (χ0v) is 11.1. The fourth-order valence-corrected chi connectivity index (χ4v) is 2.21. The summed E-state index contributed by atoms with van der Waals surface area (Å²) in [7, 11) is 1.99. The van der Waals surface area contributed by atoms with E-state index >= 15 is 0 Å². The summed E-state index contributed by atoms with van der Waals surface area (Å²) in [6.07, 6.45) is 8.06. The van der Waals surface area contributed by atoms with E-state index in [0.29, 0.717) is 6.04 Å². The van der Waals surface area contributed by atoms with Crippen LogP contribution in [0.1, 0.15) is 50.8 Å². The van der Waals surface area contributed by atoms with Gasteiger partial charge in [-0.3, -0.25) is 0 Å². The molecule has 1 heterocycles. The average Bonchev–Trinajstić information content (AvgIpc) is 2.65. The Bertz CT molecular complexity index is 272. The Kier molecular flexibility index (Phi) is 6.03. The first-order chi connectivity index (χ1) is 7.29. The number of rotatable bonds is 7. The molecule has 0 aliphatic heterocycles. The fourth-order valence-electron chi connectivity index (χ4n) is 1.74. The van der Waals surface area contributed by atoms with Gasteiger partial charge in [0.2, 0.25) is 0 Å². The maximum Gasteiger partial charge on any atom is 0.134 e. The van der Waals surface area contributed by atoms with Gasteiger partial charge < -0.3 is 9.73 Å². The second kappa shape index (κ2) is 7.07. The lowest BCUT2D eigenvalue weighted by molar-refractivity contribution is 0.400. The smallest absolute Gasteiger partial charge is 0.134 e. The van der Waals surface area contributed by atoms with Gasteiger partial charge in [-0.1, -0.05) is 32.6 Å². The van der Waals surface area contributed by atoms with E-state index in [-0.39, 0.29) is 0 Å². The lowest BCUT2D eigenvalue weighted by Gasteiger charge is -2.13. The molecule has 1 aromatic heterocycles. The van der Waals surface area contributed by atoms with Crippen LogP contribution in [0.4, 0.5) is 0 Å². The molecule has 0 amide bonds. The van der Waals surface area contributed by atoms with Gasteiger partial charge in [0.25, 0.3) is 0 Å². The molecule has 3 heteroatoms. The summed E-state index contributed by atoms with van der Waals surface area (Å²) in [5.41, 5.74) is 0. The van der Waals surface area contributed by atoms with Crippen LogP contribution in [0.3, 0.4) is 0 Å². The van der Waals surface area contributed by atoms with Gasteiger partial charge in [0.1, 0.15) is 5.76 Å². The number of unbranched alkanes of at least 4 members (excludes halogenated alkanes) is 3. The second-order valence-corrected chi connectivity index (χ2v) is 4.68. The highest BCUT2D eigenvalue weighted by atomic mass is 79.9. The van der Waals surface area contributed by atoms with E-state index in [0.717, 1.165) is 16.7 Å². The van der Waals surface area contributed by atoms with Crippen LogP contribution in [0.25, 0.3) is 0 Å². The maximum absolute atomic E-state index is 5.46. The summed E-state index contributed by atoms with van der Waals surface area (Å²) in [6, 6.07) is 2.29. The highest BCUT2D eigenvalue weighted by molar-refractivity contribution is 9.10. The van der Waals surface area contributed by atoms with Crippen LogP contribution in [0.15, 0.2) is 21.2 Å². The first-order valence-electron chi connectivity index (χ1n) is 5.69. The highest BCUT2D eigenvalue weighted by Crippen LogP contribution is 2.27. The van der Waals surface area contributed by atoms with Gasteiger partial charge in [0.15, 0.2) is 0 Å². The molecule has 0 spiro atoms. The van der Waals surface area contributed by atoms with Crippen LogP contribution < -0.4 is 5.32 Å². The van der Waals surface area contributed by atoms with E-state index in [1.165, 1.54) is 25.7 Å². The Morgan fingerprint density at radius 3 is 2.73 bits per heavy atom. The van der Waals surface area contributed by atoms with E-state index in [1.807, 2.05) is 13.1 Å². The Balaban J connectivity index is 2.39. The lowest BCUT2D eigenvalue weighted by Crippen LogP contribution is -2.15. The highest BCUT2D eigenvalue weighted by Gasteiger charge is 2.15. The van der Waals surface area contributed by atoms with Crippen molar-refractivity contribution in [1.29, 1.82) is 0 Å². The standard InChI is InChI=1S/C12H20BrNO/c1-3-4-5-6-7-11(14-2)12-10(13)8-9-15-12/h8-9,11,14H,3-7H2,1-2H3. The summed E-state index contributed by atoms with van der Waals surface area (Å²) in [5, 5.41) is 3.30. The van der Waals surface area contributed by atoms with Crippen LogP contribution in [0, 0.1) is 0 Å². The molecule has 86 valence electrons. The minimum Gasteiger partial charge on any atom is -0.466 e. The third kappa shape index (κ3) is 3.99. The van der Waals surface area contributed by atoms with Crippen LogP contribution in [-0.4, -0.2) is 7.05 Å². The predicted octanol–water partition coefficient (Wildman–Crippen LogP) is 4.27. The van der Waals surface area contributed by atoms with Gasteiger partial charge in [-0.25, -0.2) is 0 Å². The van der Waals surface area contributed by atoms with Crippen LogP contribution in [-0.2, 0) is 0 Å². The number of furan rings is 1. The monoisotopic (exact) mass is 273 g/mol. The molecule has 1 aromatic rings.